The van der Waals surface area contributed by atoms with Crippen LogP contribution < -0.4 is 10.7 Å². The molecular weight excluding hydrogens is 532 g/mol. The Morgan fingerprint density at radius 3 is 2.73 bits per heavy atom. The van der Waals surface area contributed by atoms with Crippen molar-refractivity contribution in [2.45, 2.75) is 57.0 Å². The summed E-state index contributed by atoms with van der Waals surface area (Å²) in [5.41, 5.74) is 2.58. The molecule has 40 heavy (non-hydrogen) atoms. The summed E-state index contributed by atoms with van der Waals surface area (Å²) >= 11 is 6.38. The van der Waals surface area contributed by atoms with Crippen molar-refractivity contribution in [3.8, 4) is 35.2 Å². The number of aromatic nitrogens is 7. The van der Waals surface area contributed by atoms with Gasteiger partial charge in [0, 0.05) is 37.0 Å². The first kappa shape index (κ1) is 25.2. The summed E-state index contributed by atoms with van der Waals surface area (Å²) in [4.78, 5) is 35.9. The summed E-state index contributed by atoms with van der Waals surface area (Å²) < 4.78 is 13.0. The van der Waals surface area contributed by atoms with Gasteiger partial charge in [0.15, 0.2) is 5.65 Å². The Labute approximate surface area is 235 Å². The van der Waals surface area contributed by atoms with Gasteiger partial charge in [-0.05, 0) is 56.9 Å². The average molecular weight is 561 g/mol. The third-order valence-electron chi connectivity index (χ3n) is 8.66. The summed E-state index contributed by atoms with van der Waals surface area (Å²) in [6.45, 7) is 2.84. The monoisotopic (exact) mass is 560 g/mol. The van der Waals surface area contributed by atoms with Crippen LogP contribution in [0, 0.1) is 24.2 Å². The molecule has 0 atom stereocenters. The van der Waals surface area contributed by atoms with Crippen molar-refractivity contribution in [3.05, 3.63) is 34.0 Å². The van der Waals surface area contributed by atoms with Gasteiger partial charge in [0.25, 0.3) is 0 Å². The summed E-state index contributed by atoms with van der Waals surface area (Å²) in [7, 11) is 0. The van der Waals surface area contributed by atoms with Gasteiger partial charge in [0.05, 0.1) is 23.8 Å². The molecule has 11 nitrogen and oxygen atoms in total. The first-order chi connectivity index (χ1) is 19.5. The number of hydrogen-bond acceptors (Lipinski definition) is 9. The summed E-state index contributed by atoms with van der Waals surface area (Å²) in [5, 5.41) is 4.32. The van der Waals surface area contributed by atoms with Crippen LogP contribution in [0.3, 0.4) is 0 Å². The van der Waals surface area contributed by atoms with Gasteiger partial charge in [-0.1, -0.05) is 16.8 Å². The van der Waals surface area contributed by atoms with E-state index in [1.165, 1.54) is 6.42 Å². The summed E-state index contributed by atoms with van der Waals surface area (Å²) in [6.07, 6.45) is 16.5. The van der Waals surface area contributed by atoms with E-state index in [1.54, 1.807) is 12.4 Å². The van der Waals surface area contributed by atoms with E-state index in [1.807, 2.05) is 6.07 Å². The van der Waals surface area contributed by atoms with Crippen molar-refractivity contribution in [2.24, 2.45) is 11.8 Å². The second-order valence-electron chi connectivity index (χ2n) is 11.1. The smallest absolute Gasteiger partial charge is 0.377 e. The first-order valence-corrected chi connectivity index (χ1v) is 14.2. The van der Waals surface area contributed by atoms with E-state index in [2.05, 4.69) is 30.5 Å². The number of ether oxygens (including phenoxy) is 1. The Balaban J connectivity index is 1.44. The normalized spacial score (nSPS) is 22.4. The zero-order valence-corrected chi connectivity index (χ0v) is 22.7. The fraction of sp³-hybridized carbons (Fsp3) is 0.500. The van der Waals surface area contributed by atoms with Crippen LogP contribution in [0.25, 0.3) is 34.1 Å². The third-order valence-corrected chi connectivity index (χ3v) is 8.87. The zero-order valence-electron chi connectivity index (χ0n) is 22.0. The predicted octanol–water partition coefficient (Wildman–Crippen LogP) is 4.08. The predicted molar refractivity (Wildman–Crippen MR) is 149 cm³/mol. The Kier molecular flexibility index (Phi) is 6.32. The van der Waals surface area contributed by atoms with Crippen LogP contribution in [0.2, 0.25) is 5.02 Å². The molecule has 12 heteroatoms. The molecule has 1 spiro atoms. The Morgan fingerprint density at radius 2 is 2.02 bits per heavy atom. The van der Waals surface area contributed by atoms with E-state index in [0.29, 0.717) is 41.4 Å². The second-order valence-corrected chi connectivity index (χ2v) is 11.5. The van der Waals surface area contributed by atoms with Gasteiger partial charge in [0.2, 0.25) is 17.6 Å². The highest BCUT2D eigenvalue weighted by molar-refractivity contribution is 6.30. The summed E-state index contributed by atoms with van der Waals surface area (Å²) in [6, 6.07) is 1.82. The maximum atomic E-state index is 11.8. The van der Waals surface area contributed by atoms with E-state index in [0.717, 1.165) is 68.6 Å². The molecule has 1 aliphatic heterocycles. The van der Waals surface area contributed by atoms with E-state index in [9.17, 15) is 4.79 Å². The number of hydrogen-bond donors (Lipinski definition) is 1. The van der Waals surface area contributed by atoms with E-state index in [4.69, 9.17) is 42.2 Å². The first-order valence-electron chi connectivity index (χ1n) is 13.8. The minimum atomic E-state index is -0.682. The standard InChI is InChI=1S/C28H29ClN8O3/c1-2-17-4-6-18(7-5-17)15-36-22-21(19-12-20(29)14-30-13-19)31-24(25-34-27(38)40-35-25)32-23(22)33-26(36)37-10-11-39-16-28(37)8-3-9-28/h1,12-14,17-18H,3-11,15-16H2,(H,34,35,38). The highest BCUT2D eigenvalue weighted by atomic mass is 35.5. The SMILES string of the molecule is C#CC1CCC(Cn2c(N3CCOCC34CCC4)nc3nc(-c4noc(=O)[nH]4)nc(-c4cncc(Cl)c4)c32)CC1. The lowest BCUT2D eigenvalue weighted by Gasteiger charge is -2.53. The fourth-order valence-electron chi connectivity index (χ4n) is 6.39. The lowest BCUT2D eigenvalue weighted by molar-refractivity contribution is 0.0118. The molecule has 2 saturated carbocycles. The number of halogens is 1. The largest absolute Gasteiger partial charge is 0.439 e. The molecule has 0 bridgehead atoms. The molecule has 5 heterocycles. The molecule has 0 radical (unpaired) electrons. The molecule has 3 aliphatic rings. The number of imidazole rings is 1. The molecule has 0 unspecified atom stereocenters. The molecule has 0 amide bonds. The van der Waals surface area contributed by atoms with Crippen molar-refractivity contribution in [2.75, 3.05) is 24.7 Å². The van der Waals surface area contributed by atoms with Gasteiger partial charge >= 0.3 is 5.76 Å². The van der Waals surface area contributed by atoms with Gasteiger partial charge in [-0.3, -0.25) is 14.5 Å². The van der Waals surface area contributed by atoms with Gasteiger partial charge in [0.1, 0.15) is 11.2 Å². The minimum Gasteiger partial charge on any atom is -0.377 e. The maximum Gasteiger partial charge on any atom is 0.439 e. The molecular formula is C28H29ClN8O3. The molecule has 0 aromatic carbocycles. The number of morpholine rings is 1. The zero-order chi connectivity index (χ0) is 27.3. The van der Waals surface area contributed by atoms with Crippen molar-refractivity contribution < 1.29 is 9.26 Å². The molecule has 7 rings (SSSR count). The summed E-state index contributed by atoms with van der Waals surface area (Å²) in [5.74, 6) is 4.25. The highest BCUT2D eigenvalue weighted by Crippen LogP contribution is 2.44. The molecule has 1 N–H and O–H groups in total. The Bertz CT molecular complexity index is 1660. The molecule has 4 aromatic heterocycles. The van der Waals surface area contributed by atoms with Crippen LogP contribution >= 0.6 is 11.6 Å². The molecule has 2 aliphatic carbocycles. The number of rotatable bonds is 5. The van der Waals surface area contributed by atoms with Gasteiger partial charge < -0.3 is 14.2 Å². The van der Waals surface area contributed by atoms with Crippen LogP contribution in [0.1, 0.15) is 44.9 Å². The Morgan fingerprint density at radius 1 is 1.18 bits per heavy atom. The van der Waals surface area contributed by atoms with Crippen molar-refractivity contribution in [1.82, 2.24) is 34.6 Å². The topological polar surface area (TPSA) is 128 Å². The van der Waals surface area contributed by atoms with Gasteiger partial charge in [-0.15, -0.1) is 12.3 Å². The number of nitrogens with one attached hydrogen (secondary N) is 1. The molecule has 206 valence electrons. The van der Waals surface area contributed by atoms with E-state index in [-0.39, 0.29) is 17.2 Å². The number of aromatic amines is 1. The quantitative estimate of drug-likeness (QED) is 0.359. The van der Waals surface area contributed by atoms with Crippen molar-refractivity contribution >= 4 is 28.7 Å². The lowest BCUT2D eigenvalue weighted by atomic mass is 9.75. The van der Waals surface area contributed by atoms with Crippen LogP contribution in [-0.4, -0.2) is 59.9 Å². The van der Waals surface area contributed by atoms with Crippen LogP contribution in [-0.2, 0) is 11.3 Å². The number of fused-ring (bicyclic) bond motifs is 1. The van der Waals surface area contributed by atoms with Crippen LogP contribution in [0.5, 0.6) is 0 Å². The maximum absolute atomic E-state index is 11.8. The third kappa shape index (κ3) is 4.35. The van der Waals surface area contributed by atoms with Crippen molar-refractivity contribution in [3.63, 3.8) is 0 Å². The average Bonchev–Trinajstić information content (AvgIpc) is 3.55. The molecule has 4 aromatic rings. The van der Waals surface area contributed by atoms with E-state index < -0.39 is 5.76 Å². The Hall–Kier alpha value is -3.75. The number of pyridine rings is 1. The molecule has 3 fully saturated rings. The number of H-pyrrole nitrogens is 1. The van der Waals surface area contributed by atoms with Gasteiger partial charge in [-0.25, -0.2) is 14.8 Å². The number of anilines is 1. The van der Waals surface area contributed by atoms with Crippen molar-refractivity contribution in [1.29, 1.82) is 0 Å². The van der Waals surface area contributed by atoms with Gasteiger partial charge in [-0.2, -0.15) is 4.98 Å². The van der Waals surface area contributed by atoms with Crippen LogP contribution in [0.4, 0.5) is 5.95 Å². The van der Waals surface area contributed by atoms with Crippen LogP contribution in [0.15, 0.2) is 27.8 Å². The van der Waals surface area contributed by atoms with E-state index >= 15 is 0 Å². The fourth-order valence-corrected chi connectivity index (χ4v) is 6.57. The molecule has 1 saturated heterocycles. The highest BCUT2D eigenvalue weighted by Gasteiger charge is 2.47. The number of nitrogens with zero attached hydrogens (tertiary/aromatic N) is 7. The lowest BCUT2D eigenvalue weighted by Crippen LogP contribution is -2.62. The second kappa shape index (κ2) is 10.0. The minimum absolute atomic E-state index is 0.0656. The number of terminal acetylenes is 1.